The highest BCUT2D eigenvalue weighted by atomic mass is 32.1. The van der Waals surface area contributed by atoms with Gasteiger partial charge in [0.2, 0.25) is 0 Å². The maximum absolute atomic E-state index is 4.33. The highest BCUT2D eigenvalue weighted by Crippen LogP contribution is 2.33. The molecule has 1 aromatic carbocycles. The molecule has 0 aliphatic heterocycles. The Morgan fingerprint density at radius 1 is 1.26 bits per heavy atom. The van der Waals surface area contributed by atoms with E-state index >= 15 is 0 Å². The lowest BCUT2D eigenvalue weighted by molar-refractivity contribution is 0.549. The van der Waals surface area contributed by atoms with Crippen molar-refractivity contribution >= 4 is 11.5 Å². The van der Waals surface area contributed by atoms with Crippen LogP contribution in [0.3, 0.4) is 0 Å². The summed E-state index contributed by atoms with van der Waals surface area (Å²) in [6.07, 6.45) is 0. The second kappa shape index (κ2) is 5.39. The molecular weight excluding hydrogens is 254 g/mol. The zero-order valence-corrected chi connectivity index (χ0v) is 13.0. The Kier molecular flexibility index (Phi) is 4.02. The molecule has 1 heterocycles. The van der Waals surface area contributed by atoms with Crippen LogP contribution >= 0.6 is 11.5 Å². The van der Waals surface area contributed by atoms with Gasteiger partial charge in [-0.15, -0.1) is 5.10 Å². The van der Waals surface area contributed by atoms with Gasteiger partial charge in [0.1, 0.15) is 0 Å². The summed E-state index contributed by atoms with van der Waals surface area (Å²) in [5, 5.41) is 7.72. The van der Waals surface area contributed by atoms with Crippen LogP contribution in [-0.4, -0.2) is 16.6 Å². The van der Waals surface area contributed by atoms with E-state index in [4.69, 9.17) is 0 Å². The van der Waals surface area contributed by atoms with Gasteiger partial charge >= 0.3 is 0 Å². The Balaban J connectivity index is 2.46. The second-order valence-electron chi connectivity index (χ2n) is 5.87. The first-order chi connectivity index (χ1) is 8.93. The predicted octanol–water partition coefficient (Wildman–Crippen LogP) is 3.45. The van der Waals surface area contributed by atoms with Crippen LogP contribution in [0.15, 0.2) is 24.3 Å². The van der Waals surface area contributed by atoms with Crippen LogP contribution < -0.4 is 5.32 Å². The highest BCUT2D eigenvalue weighted by molar-refractivity contribution is 7.05. The average Bonchev–Trinajstić information content (AvgIpc) is 2.79. The molecule has 0 aliphatic carbocycles. The summed E-state index contributed by atoms with van der Waals surface area (Å²) in [5.74, 6) is 0. The molecule has 102 valence electrons. The second-order valence-corrected chi connectivity index (χ2v) is 6.66. The molecule has 1 unspecified atom stereocenters. The van der Waals surface area contributed by atoms with Crippen LogP contribution in [0.25, 0.3) is 0 Å². The van der Waals surface area contributed by atoms with Gasteiger partial charge in [0, 0.05) is 5.41 Å². The van der Waals surface area contributed by atoms with E-state index in [1.165, 1.54) is 27.5 Å². The van der Waals surface area contributed by atoms with Gasteiger partial charge in [-0.25, -0.2) is 0 Å². The summed E-state index contributed by atoms with van der Waals surface area (Å²) in [6.45, 7) is 8.65. The molecule has 2 aromatic rings. The van der Waals surface area contributed by atoms with Crippen molar-refractivity contribution in [2.45, 2.75) is 39.2 Å². The van der Waals surface area contributed by atoms with Crippen molar-refractivity contribution in [1.29, 1.82) is 0 Å². The molecular formula is C15H21N3S. The SMILES string of the molecule is CNC(c1cccc(C)c1)c1snnc1C(C)(C)C. The molecule has 3 nitrogen and oxygen atoms in total. The Labute approximate surface area is 119 Å². The molecule has 4 heteroatoms. The number of nitrogens with zero attached hydrogens (tertiary/aromatic N) is 2. The number of hydrogen-bond acceptors (Lipinski definition) is 4. The summed E-state index contributed by atoms with van der Waals surface area (Å²) in [7, 11) is 1.99. The predicted molar refractivity (Wildman–Crippen MR) is 80.7 cm³/mol. The fourth-order valence-electron chi connectivity index (χ4n) is 2.21. The number of rotatable bonds is 3. The number of hydrogen-bond donors (Lipinski definition) is 1. The number of nitrogens with one attached hydrogen (secondary N) is 1. The molecule has 0 fully saturated rings. The fraction of sp³-hybridized carbons (Fsp3) is 0.467. The van der Waals surface area contributed by atoms with Crippen molar-refractivity contribution in [1.82, 2.24) is 14.9 Å². The van der Waals surface area contributed by atoms with Crippen molar-refractivity contribution in [2.24, 2.45) is 0 Å². The van der Waals surface area contributed by atoms with Crippen molar-refractivity contribution in [3.05, 3.63) is 46.0 Å². The third kappa shape index (κ3) is 3.01. The fourth-order valence-corrected chi connectivity index (χ4v) is 3.21. The largest absolute Gasteiger partial charge is 0.309 e. The van der Waals surface area contributed by atoms with Gasteiger partial charge < -0.3 is 5.32 Å². The van der Waals surface area contributed by atoms with E-state index < -0.39 is 0 Å². The summed E-state index contributed by atoms with van der Waals surface area (Å²) >= 11 is 1.49. The standard InChI is InChI=1S/C15H21N3S/c1-10-7-6-8-11(9-10)12(16-5)13-14(15(2,3)4)17-18-19-13/h6-9,12,16H,1-5H3. The van der Waals surface area contributed by atoms with Crippen LogP contribution in [0.4, 0.5) is 0 Å². The molecule has 0 bridgehead atoms. The Hall–Kier alpha value is -1.26. The van der Waals surface area contributed by atoms with Crippen LogP contribution in [0.1, 0.15) is 48.5 Å². The van der Waals surface area contributed by atoms with Crippen molar-refractivity contribution in [2.75, 3.05) is 7.05 Å². The monoisotopic (exact) mass is 275 g/mol. The third-order valence-corrected chi connectivity index (χ3v) is 3.94. The molecule has 19 heavy (non-hydrogen) atoms. The van der Waals surface area contributed by atoms with E-state index in [0.29, 0.717) is 0 Å². The molecule has 0 radical (unpaired) electrons. The normalized spacial score (nSPS) is 13.5. The van der Waals surface area contributed by atoms with Crippen LogP contribution in [-0.2, 0) is 5.41 Å². The third-order valence-electron chi connectivity index (χ3n) is 3.15. The topological polar surface area (TPSA) is 37.8 Å². The van der Waals surface area contributed by atoms with E-state index in [1.54, 1.807) is 0 Å². The van der Waals surface area contributed by atoms with E-state index in [9.17, 15) is 0 Å². The molecule has 2 rings (SSSR count). The average molecular weight is 275 g/mol. The molecule has 0 saturated heterocycles. The van der Waals surface area contributed by atoms with Crippen molar-refractivity contribution < 1.29 is 0 Å². The minimum absolute atomic E-state index is 0.0151. The maximum atomic E-state index is 4.33. The maximum Gasteiger partial charge on any atom is 0.0860 e. The van der Waals surface area contributed by atoms with Crippen LogP contribution in [0.5, 0.6) is 0 Å². The quantitative estimate of drug-likeness (QED) is 0.932. The Morgan fingerprint density at radius 2 is 2.00 bits per heavy atom. The van der Waals surface area contributed by atoms with Crippen molar-refractivity contribution in [3.63, 3.8) is 0 Å². The minimum atomic E-state index is 0.0151. The lowest BCUT2D eigenvalue weighted by atomic mass is 9.88. The van der Waals surface area contributed by atoms with E-state index in [0.717, 1.165) is 5.69 Å². The van der Waals surface area contributed by atoms with E-state index in [1.807, 2.05) is 7.05 Å². The van der Waals surface area contributed by atoms with Gasteiger partial charge in [-0.1, -0.05) is 55.1 Å². The van der Waals surface area contributed by atoms with Gasteiger partial charge in [-0.05, 0) is 31.1 Å². The minimum Gasteiger partial charge on any atom is -0.309 e. The molecule has 1 aromatic heterocycles. The first-order valence-corrected chi connectivity index (χ1v) is 7.27. The molecule has 0 aliphatic rings. The van der Waals surface area contributed by atoms with Gasteiger partial charge in [-0.3, -0.25) is 0 Å². The number of aromatic nitrogens is 2. The molecule has 0 spiro atoms. The first-order valence-electron chi connectivity index (χ1n) is 6.50. The summed E-state index contributed by atoms with van der Waals surface area (Å²) in [6, 6.07) is 8.74. The van der Waals surface area contributed by atoms with Crippen LogP contribution in [0, 0.1) is 6.92 Å². The lowest BCUT2D eigenvalue weighted by Gasteiger charge is -2.22. The van der Waals surface area contributed by atoms with Gasteiger partial charge in [-0.2, -0.15) is 0 Å². The molecule has 1 atom stereocenters. The van der Waals surface area contributed by atoms with Gasteiger partial charge in [0.15, 0.2) is 0 Å². The Bertz CT molecular complexity index is 555. The number of benzene rings is 1. The van der Waals surface area contributed by atoms with E-state index in [-0.39, 0.29) is 11.5 Å². The number of aryl methyl sites for hydroxylation is 1. The zero-order chi connectivity index (χ0) is 14.0. The molecule has 0 amide bonds. The lowest BCUT2D eigenvalue weighted by Crippen LogP contribution is -2.22. The van der Waals surface area contributed by atoms with Gasteiger partial charge in [0.05, 0.1) is 16.6 Å². The summed E-state index contributed by atoms with van der Waals surface area (Å²) < 4.78 is 4.16. The summed E-state index contributed by atoms with van der Waals surface area (Å²) in [4.78, 5) is 1.21. The zero-order valence-electron chi connectivity index (χ0n) is 12.2. The summed E-state index contributed by atoms with van der Waals surface area (Å²) in [5.41, 5.74) is 3.63. The van der Waals surface area contributed by atoms with Gasteiger partial charge in [0.25, 0.3) is 0 Å². The molecule has 0 saturated carbocycles. The first kappa shape index (κ1) is 14.2. The smallest absolute Gasteiger partial charge is 0.0860 e. The van der Waals surface area contributed by atoms with Crippen LogP contribution in [0.2, 0.25) is 0 Å². The Morgan fingerprint density at radius 3 is 2.58 bits per heavy atom. The molecule has 1 N–H and O–H groups in total. The van der Waals surface area contributed by atoms with Crippen molar-refractivity contribution in [3.8, 4) is 0 Å². The van der Waals surface area contributed by atoms with E-state index in [2.05, 4.69) is 66.9 Å². The highest BCUT2D eigenvalue weighted by Gasteiger charge is 2.27.